The lowest BCUT2D eigenvalue weighted by atomic mass is 9.76. The van der Waals surface area contributed by atoms with Crippen molar-refractivity contribution in [2.24, 2.45) is 0 Å². The third-order valence-electron chi connectivity index (χ3n) is 5.15. The fourth-order valence-electron chi connectivity index (χ4n) is 3.75. The number of carbonyl (C=O) groups excluding carboxylic acids is 1. The predicted molar refractivity (Wildman–Crippen MR) is 103 cm³/mol. The van der Waals surface area contributed by atoms with Crippen LogP contribution in [0, 0.1) is 0 Å². The van der Waals surface area contributed by atoms with Crippen LogP contribution in [0.15, 0.2) is 61.2 Å². The number of hydrogen-bond acceptors (Lipinski definition) is 3. The number of ether oxygens (including phenoxy) is 2. The number of likely N-dealkylation sites (tertiary alicyclic amines) is 1. The molecule has 2 aromatic carbocycles. The number of allylic oxidation sites excluding steroid dienone is 1. The van der Waals surface area contributed by atoms with E-state index in [9.17, 15) is 4.79 Å². The van der Waals surface area contributed by atoms with Gasteiger partial charge in [0.15, 0.2) is 11.5 Å². The van der Waals surface area contributed by atoms with Crippen LogP contribution in [-0.4, -0.2) is 31.6 Å². The summed E-state index contributed by atoms with van der Waals surface area (Å²) in [4.78, 5) is 15.3. The van der Waals surface area contributed by atoms with E-state index in [1.165, 1.54) is 0 Å². The van der Waals surface area contributed by atoms with Gasteiger partial charge >= 0.3 is 0 Å². The number of benzene rings is 2. The Balaban J connectivity index is 1.93. The molecule has 2 aromatic rings. The molecule has 1 aliphatic rings. The van der Waals surface area contributed by atoms with E-state index in [1.54, 1.807) is 14.2 Å². The van der Waals surface area contributed by atoms with Gasteiger partial charge in [-0.3, -0.25) is 4.79 Å². The minimum absolute atomic E-state index is 0.147. The minimum atomic E-state index is -0.587. The number of amides is 1. The van der Waals surface area contributed by atoms with Crippen molar-refractivity contribution in [2.75, 3.05) is 20.8 Å². The third-order valence-corrected chi connectivity index (χ3v) is 5.15. The van der Waals surface area contributed by atoms with Crippen molar-refractivity contribution in [1.82, 2.24) is 4.90 Å². The fraction of sp³-hybridized carbons (Fsp3) is 0.318. The van der Waals surface area contributed by atoms with Gasteiger partial charge in [0.2, 0.25) is 5.91 Å². The maximum Gasteiger partial charge on any atom is 0.233 e. The molecule has 0 unspecified atom stereocenters. The first kappa shape index (κ1) is 18.1. The van der Waals surface area contributed by atoms with Crippen molar-refractivity contribution in [1.29, 1.82) is 0 Å². The number of hydrogen-bond donors (Lipinski definition) is 0. The van der Waals surface area contributed by atoms with Crippen molar-refractivity contribution in [3.8, 4) is 11.5 Å². The zero-order chi connectivity index (χ0) is 18.6. The third kappa shape index (κ3) is 3.19. The van der Waals surface area contributed by atoms with Crippen LogP contribution in [0.2, 0.25) is 0 Å². The van der Waals surface area contributed by atoms with Gasteiger partial charge in [-0.1, -0.05) is 42.5 Å². The van der Waals surface area contributed by atoms with Crippen LogP contribution in [0.1, 0.15) is 24.0 Å². The van der Waals surface area contributed by atoms with Gasteiger partial charge in [0.1, 0.15) is 0 Å². The molecule has 26 heavy (non-hydrogen) atoms. The molecule has 1 amide bonds. The van der Waals surface area contributed by atoms with Crippen LogP contribution in [0.5, 0.6) is 11.5 Å². The van der Waals surface area contributed by atoms with E-state index < -0.39 is 5.41 Å². The molecule has 0 aliphatic carbocycles. The Morgan fingerprint density at radius 2 is 1.85 bits per heavy atom. The van der Waals surface area contributed by atoms with Crippen molar-refractivity contribution < 1.29 is 14.3 Å². The summed E-state index contributed by atoms with van der Waals surface area (Å²) in [6.07, 6.45) is 3.20. The molecule has 1 saturated heterocycles. The number of methoxy groups -OCH3 is 2. The van der Waals surface area contributed by atoms with Crippen molar-refractivity contribution >= 4 is 5.91 Å². The van der Waals surface area contributed by atoms with Gasteiger partial charge < -0.3 is 14.4 Å². The molecule has 0 spiro atoms. The van der Waals surface area contributed by atoms with E-state index >= 15 is 0 Å². The zero-order valence-electron chi connectivity index (χ0n) is 15.4. The number of rotatable bonds is 7. The minimum Gasteiger partial charge on any atom is -0.493 e. The second-order valence-electron chi connectivity index (χ2n) is 6.61. The lowest BCUT2D eigenvalue weighted by Gasteiger charge is -2.28. The normalized spacial score (nSPS) is 19.5. The Labute approximate surface area is 155 Å². The molecule has 4 nitrogen and oxygen atoms in total. The van der Waals surface area contributed by atoms with Crippen LogP contribution in [0.3, 0.4) is 0 Å². The molecule has 0 bridgehead atoms. The lowest BCUT2D eigenvalue weighted by Crippen LogP contribution is -2.37. The Morgan fingerprint density at radius 3 is 2.50 bits per heavy atom. The molecule has 0 aromatic heterocycles. The highest BCUT2D eigenvalue weighted by Crippen LogP contribution is 2.42. The summed E-state index contributed by atoms with van der Waals surface area (Å²) < 4.78 is 10.8. The summed E-state index contributed by atoms with van der Waals surface area (Å²) in [6, 6.07) is 15.9. The quantitative estimate of drug-likeness (QED) is 0.709. The first-order chi connectivity index (χ1) is 12.6. The summed E-state index contributed by atoms with van der Waals surface area (Å²) in [5.41, 5.74) is 1.51. The molecule has 1 fully saturated rings. The zero-order valence-corrected chi connectivity index (χ0v) is 15.4. The molecule has 1 aliphatic heterocycles. The first-order valence-electron chi connectivity index (χ1n) is 8.81. The van der Waals surface area contributed by atoms with Gasteiger partial charge in [-0.2, -0.15) is 0 Å². The topological polar surface area (TPSA) is 38.8 Å². The van der Waals surface area contributed by atoms with E-state index in [0.717, 1.165) is 24.1 Å². The molecule has 0 N–H and O–H groups in total. The molecule has 1 atom stereocenters. The van der Waals surface area contributed by atoms with E-state index in [2.05, 4.69) is 18.7 Å². The van der Waals surface area contributed by atoms with E-state index in [1.807, 2.05) is 47.4 Å². The maximum atomic E-state index is 13.4. The Kier molecular flexibility index (Phi) is 5.31. The summed E-state index contributed by atoms with van der Waals surface area (Å²) in [5.74, 6) is 1.45. The molecule has 0 saturated carbocycles. The Bertz CT molecular complexity index is 787. The summed E-state index contributed by atoms with van der Waals surface area (Å²) in [7, 11) is 3.22. The van der Waals surface area contributed by atoms with Crippen molar-refractivity contribution in [2.45, 2.75) is 24.8 Å². The van der Waals surface area contributed by atoms with E-state index in [4.69, 9.17) is 9.47 Å². The van der Waals surface area contributed by atoms with Gasteiger partial charge in [0.25, 0.3) is 0 Å². The highest BCUT2D eigenvalue weighted by molar-refractivity contribution is 5.90. The Morgan fingerprint density at radius 1 is 1.12 bits per heavy atom. The van der Waals surface area contributed by atoms with E-state index in [-0.39, 0.29) is 5.91 Å². The molecule has 4 heteroatoms. The molecule has 1 heterocycles. The van der Waals surface area contributed by atoms with Crippen LogP contribution >= 0.6 is 0 Å². The lowest BCUT2D eigenvalue weighted by molar-refractivity contribution is -0.133. The van der Waals surface area contributed by atoms with Crippen LogP contribution < -0.4 is 9.47 Å². The highest BCUT2D eigenvalue weighted by atomic mass is 16.5. The SMILES string of the molecule is C=CC[C@@]1(c2ccc(OC)c(OC)c2)CCN(Cc2ccccc2)C1=O. The molecular weight excluding hydrogens is 326 g/mol. The second kappa shape index (κ2) is 7.65. The van der Waals surface area contributed by atoms with Crippen molar-refractivity contribution in [3.05, 3.63) is 72.3 Å². The molecule has 136 valence electrons. The standard InChI is InChI=1S/C22H25NO3/c1-4-12-22(18-10-11-19(25-2)20(15-18)26-3)13-14-23(21(22)24)16-17-8-6-5-7-9-17/h4-11,15H,1,12-14,16H2,2-3H3/t22-/m0/s1. The first-order valence-corrected chi connectivity index (χ1v) is 8.81. The van der Waals surface area contributed by atoms with E-state index in [0.29, 0.717) is 24.5 Å². The summed E-state index contributed by atoms with van der Waals surface area (Å²) in [5, 5.41) is 0. The average Bonchev–Trinajstić information content (AvgIpc) is 2.99. The molecule has 0 radical (unpaired) electrons. The van der Waals surface area contributed by atoms with Gasteiger partial charge in [-0.25, -0.2) is 0 Å². The fourth-order valence-corrected chi connectivity index (χ4v) is 3.75. The molecule has 3 rings (SSSR count). The van der Waals surface area contributed by atoms with Gasteiger partial charge in [-0.05, 0) is 36.1 Å². The van der Waals surface area contributed by atoms with Crippen LogP contribution in [-0.2, 0) is 16.8 Å². The molecular formula is C22H25NO3. The largest absolute Gasteiger partial charge is 0.493 e. The maximum absolute atomic E-state index is 13.4. The van der Waals surface area contributed by atoms with Gasteiger partial charge in [0, 0.05) is 13.1 Å². The number of nitrogens with zero attached hydrogens (tertiary/aromatic N) is 1. The monoisotopic (exact) mass is 351 g/mol. The Hall–Kier alpha value is -2.75. The summed E-state index contributed by atoms with van der Waals surface area (Å²) >= 11 is 0. The van der Waals surface area contributed by atoms with Gasteiger partial charge in [0.05, 0.1) is 19.6 Å². The highest BCUT2D eigenvalue weighted by Gasteiger charge is 2.47. The smallest absolute Gasteiger partial charge is 0.233 e. The van der Waals surface area contributed by atoms with Crippen LogP contribution in [0.4, 0.5) is 0 Å². The second-order valence-corrected chi connectivity index (χ2v) is 6.61. The van der Waals surface area contributed by atoms with Gasteiger partial charge in [-0.15, -0.1) is 6.58 Å². The summed E-state index contributed by atoms with van der Waals surface area (Å²) in [6.45, 7) is 5.25. The van der Waals surface area contributed by atoms with Crippen LogP contribution in [0.25, 0.3) is 0 Å². The predicted octanol–water partition coefficient (Wildman–Crippen LogP) is 3.95. The average molecular weight is 351 g/mol. The van der Waals surface area contributed by atoms with Crippen molar-refractivity contribution in [3.63, 3.8) is 0 Å². The number of carbonyl (C=O) groups is 1.